The van der Waals surface area contributed by atoms with Crippen molar-refractivity contribution in [3.63, 3.8) is 0 Å². The summed E-state index contributed by atoms with van der Waals surface area (Å²) in [7, 11) is 1.57. The number of rotatable bonds is 8. The molecule has 1 saturated heterocycles. The number of hydrogen-bond donors (Lipinski definition) is 3. The lowest BCUT2D eigenvalue weighted by Gasteiger charge is -2.35. The normalized spacial score (nSPS) is 19.3. The summed E-state index contributed by atoms with van der Waals surface area (Å²) < 4.78 is 53.2. The first kappa shape index (κ1) is 24.6. The van der Waals surface area contributed by atoms with E-state index >= 15 is 4.39 Å². The van der Waals surface area contributed by atoms with Gasteiger partial charge in [0.25, 0.3) is 0 Å². The van der Waals surface area contributed by atoms with Crippen LogP contribution in [0.3, 0.4) is 0 Å². The van der Waals surface area contributed by atoms with Crippen molar-refractivity contribution >= 4 is 17.5 Å². The second kappa shape index (κ2) is 10.3. The standard InChI is InChI=1S/C21H26F4N6O2/c1-30(9-13-2-4-15(5-3-13)21(23,24)25)20-18(22)19(28-12-29-20)27-8-14-6-7-31(10-16(14)32)11-17(26)33/h2-5,12,14,16,32H,6-11H2,1H3,(H2,26,33)(H,27,28,29)/t14-,16+/m0/s1. The van der Waals surface area contributed by atoms with Crippen LogP contribution in [-0.4, -0.2) is 65.2 Å². The summed E-state index contributed by atoms with van der Waals surface area (Å²) in [5, 5.41) is 13.2. The molecule has 2 heterocycles. The zero-order valence-corrected chi connectivity index (χ0v) is 18.0. The molecule has 1 aromatic heterocycles. The fourth-order valence-electron chi connectivity index (χ4n) is 3.77. The van der Waals surface area contributed by atoms with E-state index in [4.69, 9.17) is 5.73 Å². The Balaban J connectivity index is 1.60. The van der Waals surface area contributed by atoms with Crippen LogP contribution in [0.25, 0.3) is 0 Å². The summed E-state index contributed by atoms with van der Waals surface area (Å²) in [6.07, 6.45) is -3.35. The Bertz CT molecular complexity index is 957. The third-order valence-corrected chi connectivity index (χ3v) is 5.55. The van der Waals surface area contributed by atoms with Crippen molar-refractivity contribution in [2.24, 2.45) is 11.7 Å². The number of nitrogens with two attached hydrogens (primary N) is 1. The number of halogens is 4. The average Bonchev–Trinajstić information content (AvgIpc) is 2.73. The number of amides is 1. The number of anilines is 2. The van der Waals surface area contributed by atoms with Crippen LogP contribution in [0.5, 0.6) is 0 Å². The molecule has 2 aromatic rings. The highest BCUT2D eigenvalue weighted by Crippen LogP contribution is 2.29. The largest absolute Gasteiger partial charge is 0.416 e. The molecular weight excluding hydrogens is 444 g/mol. The Labute approximate surface area is 188 Å². The predicted molar refractivity (Wildman–Crippen MR) is 114 cm³/mol. The van der Waals surface area contributed by atoms with Gasteiger partial charge in [0, 0.05) is 32.6 Å². The Morgan fingerprint density at radius 3 is 2.61 bits per heavy atom. The van der Waals surface area contributed by atoms with Gasteiger partial charge in [0.05, 0.1) is 18.2 Å². The minimum Gasteiger partial charge on any atom is -0.391 e. The topological polar surface area (TPSA) is 108 Å². The molecular formula is C21H26F4N6O2. The van der Waals surface area contributed by atoms with E-state index in [2.05, 4.69) is 15.3 Å². The molecule has 3 rings (SSSR count). The van der Waals surface area contributed by atoms with E-state index in [1.54, 1.807) is 11.9 Å². The highest BCUT2D eigenvalue weighted by atomic mass is 19.4. The molecule has 1 aromatic carbocycles. The van der Waals surface area contributed by atoms with Gasteiger partial charge in [0.2, 0.25) is 11.7 Å². The summed E-state index contributed by atoms with van der Waals surface area (Å²) in [5.41, 5.74) is 4.99. The second-order valence-corrected chi connectivity index (χ2v) is 8.11. The summed E-state index contributed by atoms with van der Waals surface area (Å²) in [6, 6.07) is 4.63. The Morgan fingerprint density at radius 2 is 2.00 bits per heavy atom. The molecule has 0 saturated carbocycles. The lowest BCUT2D eigenvalue weighted by Crippen LogP contribution is -2.48. The van der Waals surface area contributed by atoms with Gasteiger partial charge in [-0.3, -0.25) is 9.69 Å². The molecule has 4 N–H and O–H groups in total. The van der Waals surface area contributed by atoms with Crippen molar-refractivity contribution in [2.45, 2.75) is 25.2 Å². The quantitative estimate of drug-likeness (QED) is 0.506. The second-order valence-electron chi connectivity index (χ2n) is 8.11. The van der Waals surface area contributed by atoms with E-state index in [0.717, 1.165) is 12.1 Å². The van der Waals surface area contributed by atoms with Gasteiger partial charge in [0.15, 0.2) is 11.6 Å². The van der Waals surface area contributed by atoms with Crippen molar-refractivity contribution in [2.75, 3.05) is 43.4 Å². The zero-order valence-electron chi connectivity index (χ0n) is 18.0. The number of carbonyl (C=O) groups excluding carboxylic acids is 1. The first-order valence-corrected chi connectivity index (χ1v) is 10.3. The number of carbonyl (C=O) groups is 1. The molecule has 0 bridgehead atoms. The predicted octanol–water partition coefficient (Wildman–Crippen LogP) is 1.85. The van der Waals surface area contributed by atoms with E-state index in [1.807, 2.05) is 0 Å². The van der Waals surface area contributed by atoms with E-state index in [0.29, 0.717) is 25.1 Å². The smallest absolute Gasteiger partial charge is 0.391 e. The number of primary amides is 1. The fourth-order valence-corrected chi connectivity index (χ4v) is 3.77. The molecule has 180 valence electrons. The highest BCUT2D eigenvalue weighted by Gasteiger charge is 2.30. The van der Waals surface area contributed by atoms with Gasteiger partial charge >= 0.3 is 6.18 Å². The summed E-state index contributed by atoms with van der Waals surface area (Å²) >= 11 is 0. The van der Waals surface area contributed by atoms with Gasteiger partial charge < -0.3 is 21.1 Å². The van der Waals surface area contributed by atoms with Gasteiger partial charge in [-0.1, -0.05) is 12.1 Å². The maximum Gasteiger partial charge on any atom is 0.416 e. The Hall–Kier alpha value is -2.99. The van der Waals surface area contributed by atoms with E-state index < -0.39 is 29.6 Å². The van der Waals surface area contributed by atoms with Crippen LogP contribution in [0.4, 0.5) is 29.2 Å². The number of nitrogens with zero attached hydrogens (tertiary/aromatic N) is 4. The molecule has 0 spiro atoms. The van der Waals surface area contributed by atoms with E-state index in [1.165, 1.54) is 23.4 Å². The van der Waals surface area contributed by atoms with Crippen molar-refractivity contribution in [1.82, 2.24) is 14.9 Å². The number of alkyl halides is 3. The van der Waals surface area contributed by atoms with E-state index in [9.17, 15) is 23.1 Å². The molecule has 1 amide bonds. The maximum absolute atomic E-state index is 15.0. The minimum absolute atomic E-state index is 0.00998. The molecule has 1 aliphatic heterocycles. The summed E-state index contributed by atoms with van der Waals surface area (Å²) in [4.78, 5) is 22.2. The minimum atomic E-state index is -4.42. The van der Waals surface area contributed by atoms with Crippen LogP contribution >= 0.6 is 0 Å². The fraction of sp³-hybridized carbons (Fsp3) is 0.476. The SMILES string of the molecule is CN(Cc1ccc(C(F)(F)F)cc1)c1ncnc(NC[C@@H]2CCN(CC(N)=O)C[C@H]2O)c1F. The Kier molecular flexibility index (Phi) is 7.69. The number of nitrogens with one attached hydrogen (secondary N) is 1. The third kappa shape index (κ3) is 6.51. The van der Waals surface area contributed by atoms with Crippen LogP contribution in [0.1, 0.15) is 17.5 Å². The molecule has 0 radical (unpaired) electrons. The number of aliphatic hydroxyl groups excluding tert-OH is 1. The summed E-state index contributed by atoms with van der Waals surface area (Å²) in [5.74, 6) is -1.38. The van der Waals surface area contributed by atoms with Gasteiger partial charge in [-0.15, -0.1) is 0 Å². The first-order chi connectivity index (χ1) is 15.5. The number of hydrogen-bond acceptors (Lipinski definition) is 7. The lowest BCUT2D eigenvalue weighted by atomic mass is 9.94. The molecule has 0 unspecified atom stereocenters. The molecule has 1 aliphatic rings. The van der Waals surface area contributed by atoms with Crippen molar-refractivity contribution in [1.29, 1.82) is 0 Å². The van der Waals surface area contributed by atoms with Crippen LogP contribution in [0.2, 0.25) is 0 Å². The van der Waals surface area contributed by atoms with Gasteiger partial charge in [0.1, 0.15) is 6.33 Å². The molecule has 0 aliphatic carbocycles. The Morgan fingerprint density at radius 1 is 1.30 bits per heavy atom. The molecule has 1 fully saturated rings. The maximum atomic E-state index is 15.0. The highest BCUT2D eigenvalue weighted by molar-refractivity contribution is 5.75. The number of benzene rings is 1. The number of β-amino-alcohol motifs (C(OH)–C–C–N with tert-alkyl or cyclic N) is 1. The van der Waals surface area contributed by atoms with Gasteiger partial charge in [-0.2, -0.15) is 17.6 Å². The monoisotopic (exact) mass is 470 g/mol. The van der Waals surface area contributed by atoms with Crippen molar-refractivity contribution in [3.8, 4) is 0 Å². The average molecular weight is 470 g/mol. The third-order valence-electron chi connectivity index (χ3n) is 5.55. The number of piperidine rings is 1. The van der Waals surface area contributed by atoms with Crippen LogP contribution < -0.4 is 16.0 Å². The van der Waals surface area contributed by atoms with Crippen molar-refractivity contribution in [3.05, 3.63) is 47.5 Å². The number of aromatic nitrogens is 2. The first-order valence-electron chi connectivity index (χ1n) is 10.3. The molecule has 8 nitrogen and oxygen atoms in total. The van der Waals surface area contributed by atoms with Gasteiger partial charge in [-0.25, -0.2) is 9.97 Å². The van der Waals surface area contributed by atoms with Crippen LogP contribution in [-0.2, 0) is 17.5 Å². The number of aliphatic hydroxyl groups is 1. The molecule has 12 heteroatoms. The van der Waals surface area contributed by atoms with Crippen LogP contribution in [0, 0.1) is 11.7 Å². The zero-order chi connectivity index (χ0) is 24.2. The lowest BCUT2D eigenvalue weighted by molar-refractivity contribution is -0.137. The molecule has 33 heavy (non-hydrogen) atoms. The summed E-state index contributed by atoms with van der Waals surface area (Å²) in [6.45, 7) is 1.36. The van der Waals surface area contributed by atoms with Crippen LogP contribution in [0.15, 0.2) is 30.6 Å². The van der Waals surface area contributed by atoms with Crippen molar-refractivity contribution < 1.29 is 27.5 Å². The number of likely N-dealkylation sites (tertiary alicyclic amines) is 1. The molecule has 2 atom stereocenters. The van der Waals surface area contributed by atoms with E-state index in [-0.39, 0.29) is 37.2 Å². The van der Waals surface area contributed by atoms with Gasteiger partial charge in [-0.05, 0) is 30.7 Å².